The molecular weight excluding hydrogens is 122 g/mol. The number of aliphatic imine (C=N–C) groups is 1. The van der Waals surface area contributed by atoms with Crippen molar-refractivity contribution in [1.82, 2.24) is 0 Å². The Morgan fingerprint density at radius 2 is 2.33 bits per heavy atom. The molecule has 1 amide bonds. The molecule has 0 aromatic rings. The van der Waals surface area contributed by atoms with Gasteiger partial charge in [-0.15, -0.1) is 0 Å². The van der Waals surface area contributed by atoms with Gasteiger partial charge in [0.15, 0.2) is 5.84 Å². The first-order valence-electron chi connectivity index (χ1n) is 2.18. The zero-order valence-electron chi connectivity index (χ0n) is 4.90. The van der Waals surface area contributed by atoms with E-state index in [0.29, 0.717) is 6.41 Å². The average Bonchev–Trinajstić information content (AvgIpc) is 1.87. The highest BCUT2D eigenvalue weighted by Gasteiger charge is 1.94. The zero-order chi connectivity index (χ0) is 7.28. The maximum Gasteiger partial charge on any atom is 0.233 e. The van der Waals surface area contributed by atoms with E-state index in [9.17, 15) is 4.79 Å². The molecule has 0 radical (unpaired) electrons. The molecule has 0 aliphatic heterocycles. The molecule has 9 heavy (non-hydrogen) atoms. The van der Waals surface area contributed by atoms with Gasteiger partial charge in [0.05, 0.1) is 5.71 Å². The topological polar surface area (TPSA) is 88.0 Å². The van der Waals surface area contributed by atoms with Crippen molar-refractivity contribution in [3.63, 3.8) is 0 Å². The van der Waals surface area contributed by atoms with E-state index in [2.05, 4.69) is 10.1 Å². The summed E-state index contributed by atoms with van der Waals surface area (Å²) in [4.78, 5) is 12.9. The third-order valence-corrected chi connectivity index (χ3v) is 0.725. The summed E-state index contributed by atoms with van der Waals surface area (Å²) < 4.78 is 0. The van der Waals surface area contributed by atoms with Gasteiger partial charge in [0.2, 0.25) is 6.41 Å². The third-order valence-electron chi connectivity index (χ3n) is 0.725. The summed E-state index contributed by atoms with van der Waals surface area (Å²) in [7, 11) is 0. The largest absolute Gasteiger partial charge is 0.409 e. The quantitative estimate of drug-likeness (QED) is 0.171. The Morgan fingerprint density at radius 1 is 1.78 bits per heavy atom. The van der Waals surface area contributed by atoms with Gasteiger partial charge in [-0.3, -0.25) is 4.79 Å². The average molecular weight is 129 g/mol. The summed E-state index contributed by atoms with van der Waals surface area (Å²) in [6.45, 7) is 1.46. The van der Waals surface area contributed by atoms with Crippen molar-refractivity contribution in [2.45, 2.75) is 6.92 Å². The highest BCUT2D eigenvalue weighted by Crippen LogP contribution is 1.73. The van der Waals surface area contributed by atoms with E-state index >= 15 is 0 Å². The smallest absolute Gasteiger partial charge is 0.233 e. The monoisotopic (exact) mass is 129 g/mol. The SMILES string of the molecule is CC(=NC=O)/C(N)=N\O. The Kier molecular flexibility index (Phi) is 3.04. The second kappa shape index (κ2) is 3.59. The van der Waals surface area contributed by atoms with Crippen molar-refractivity contribution in [3.05, 3.63) is 0 Å². The van der Waals surface area contributed by atoms with Crippen molar-refractivity contribution >= 4 is 18.0 Å². The predicted molar refractivity (Wildman–Crippen MR) is 32.6 cm³/mol. The molecule has 0 atom stereocenters. The van der Waals surface area contributed by atoms with Gasteiger partial charge in [-0.1, -0.05) is 5.16 Å². The van der Waals surface area contributed by atoms with Crippen LogP contribution in [0.25, 0.3) is 0 Å². The lowest BCUT2D eigenvalue weighted by Crippen LogP contribution is -2.20. The fourth-order valence-corrected chi connectivity index (χ4v) is 0.218. The highest BCUT2D eigenvalue weighted by atomic mass is 16.4. The lowest BCUT2D eigenvalue weighted by atomic mass is 10.4. The Morgan fingerprint density at radius 3 is 2.67 bits per heavy atom. The molecule has 0 aromatic heterocycles. The van der Waals surface area contributed by atoms with Crippen molar-refractivity contribution in [2.75, 3.05) is 0 Å². The normalized spacial score (nSPS) is 13.4. The molecule has 5 heteroatoms. The molecule has 0 heterocycles. The molecule has 0 aliphatic carbocycles. The minimum Gasteiger partial charge on any atom is -0.409 e. The lowest BCUT2D eigenvalue weighted by Gasteiger charge is -1.90. The number of oxime groups is 1. The summed E-state index contributed by atoms with van der Waals surface area (Å²) in [5.74, 6) is -0.151. The molecule has 0 saturated carbocycles. The van der Waals surface area contributed by atoms with Gasteiger partial charge >= 0.3 is 0 Å². The second-order valence-corrected chi connectivity index (χ2v) is 1.31. The third kappa shape index (κ3) is 2.43. The number of carbonyl (C=O) groups excluding carboxylic acids is 1. The van der Waals surface area contributed by atoms with Gasteiger partial charge < -0.3 is 10.9 Å². The molecule has 0 bridgehead atoms. The minimum absolute atomic E-state index is 0.151. The van der Waals surface area contributed by atoms with Crippen molar-refractivity contribution in [1.29, 1.82) is 0 Å². The molecule has 0 fully saturated rings. The Labute approximate surface area is 51.9 Å². The summed E-state index contributed by atoms with van der Waals surface area (Å²) in [5.41, 5.74) is 5.21. The highest BCUT2D eigenvalue weighted by molar-refractivity contribution is 6.40. The van der Waals surface area contributed by atoms with Gasteiger partial charge in [0.25, 0.3) is 0 Å². The first-order valence-corrected chi connectivity index (χ1v) is 2.18. The molecule has 0 aromatic carbocycles. The predicted octanol–water partition coefficient (Wildman–Crippen LogP) is -0.650. The van der Waals surface area contributed by atoms with Crippen LogP contribution in [0.3, 0.4) is 0 Å². The second-order valence-electron chi connectivity index (χ2n) is 1.31. The lowest BCUT2D eigenvalue weighted by molar-refractivity contribution is -0.106. The van der Waals surface area contributed by atoms with Crippen molar-refractivity contribution in [2.24, 2.45) is 15.9 Å². The maximum atomic E-state index is 9.66. The number of carbonyl (C=O) groups is 1. The van der Waals surface area contributed by atoms with E-state index in [1.807, 2.05) is 0 Å². The number of nitrogens with two attached hydrogens (primary N) is 1. The van der Waals surface area contributed by atoms with Crippen LogP contribution in [0, 0.1) is 0 Å². The van der Waals surface area contributed by atoms with E-state index in [0.717, 1.165) is 0 Å². The molecule has 0 unspecified atom stereocenters. The number of rotatable bonds is 2. The van der Waals surface area contributed by atoms with Crippen molar-refractivity contribution < 1.29 is 10.0 Å². The van der Waals surface area contributed by atoms with Crippen LogP contribution in [0.4, 0.5) is 0 Å². The van der Waals surface area contributed by atoms with Gasteiger partial charge in [-0.05, 0) is 6.92 Å². The molecule has 5 nitrogen and oxygen atoms in total. The van der Waals surface area contributed by atoms with Gasteiger partial charge in [-0.25, -0.2) is 4.99 Å². The molecule has 3 N–H and O–H groups in total. The Bertz CT molecular complexity index is 161. The molecule has 0 spiro atoms. The van der Waals surface area contributed by atoms with Crippen LogP contribution >= 0.6 is 0 Å². The minimum atomic E-state index is -0.151. The van der Waals surface area contributed by atoms with Crippen LogP contribution in [0.2, 0.25) is 0 Å². The summed E-state index contributed by atoms with van der Waals surface area (Å²) in [5, 5.41) is 10.6. The standard InChI is InChI=1S/C4H7N3O2/c1-3(6-2-8)4(5)7-9/h2,9H,1H3,(H2,5,7). The summed E-state index contributed by atoms with van der Waals surface area (Å²) >= 11 is 0. The number of amides is 1. The Hall–Kier alpha value is -1.39. The van der Waals surface area contributed by atoms with Crippen LogP contribution in [0.15, 0.2) is 10.1 Å². The van der Waals surface area contributed by atoms with E-state index in [4.69, 9.17) is 10.9 Å². The van der Waals surface area contributed by atoms with Gasteiger partial charge in [0.1, 0.15) is 0 Å². The van der Waals surface area contributed by atoms with Crippen LogP contribution in [-0.2, 0) is 4.79 Å². The van der Waals surface area contributed by atoms with Crippen LogP contribution in [0.5, 0.6) is 0 Å². The maximum absolute atomic E-state index is 9.66. The summed E-state index contributed by atoms with van der Waals surface area (Å²) in [6, 6.07) is 0. The van der Waals surface area contributed by atoms with E-state index in [-0.39, 0.29) is 11.5 Å². The molecular formula is C4H7N3O2. The fourth-order valence-electron chi connectivity index (χ4n) is 0.218. The number of amidine groups is 1. The first-order chi connectivity index (χ1) is 4.22. The van der Waals surface area contributed by atoms with Crippen LogP contribution < -0.4 is 5.73 Å². The van der Waals surface area contributed by atoms with Gasteiger partial charge in [-0.2, -0.15) is 0 Å². The molecule has 0 aliphatic rings. The number of hydrogen-bond acceptors (Lipinski definition) is 3. The van der Waals surface area contributed by atoms with Crippen LogP contribution in [-0.4, -0.2) is 23.2 Å². The summed E-state index contributed by atoms with van der Waals surface area (Å²) in [6.07, 6.45) is 0.327. The number of hydrogen-bond donors (Lipinski definition) is 2. The Balaban J connectivity index is 4.19. The van der Waals surface area contributed by atoms with Crippen LogP contribution in [0.1, 0.15) is 6.92 Å². The van der Waals surface area contributed by atoms with E-state index in [1.54, 1.807) is 0 Å². The zero-order valence-corrected chi connectivity index (χ0v) is 4.90. The molecule has 0 saturated heterocycles. The molecule has 50 valence electrons. The van der Waals surface area contributed by atoms with Crippen molar-refractivity contribution in [3.8, 4) is 0 Å². The van der Waals surface area contributed by atoms with E-state index in [1.165, 1.54) is 6.92 Å². The van der Waals surface area contributed by atoms with E-state index < -0.39 is 0 Å². The number of nitrogens with zero attached hydrogens (tertiary/aromatic N) is 2. The fraction of sp³-hybridized carbons (Fsp3) is 0.250. The first kappa shape index (κ1) is 7.61. The van der Waals surface area contributed by atoms with Gasteiger partial charge in [0, 0.05) is 0 Å². The molecule has 0 rings (SSSR count).